The fraction of sp³-hybridized carbons (Fsp3) is 0.818. The molecule has 1 atom stereocenters. The van der Waals surface area contributed by atoms with Crippen LogP contribution in [0.2, 0.25) is 0 Å². The monoisotopic (exact) mass is 241 g/mol. The minimum Gasteiger partial charge on any atom is -0.381 e. The average molecular weight is 241 g/mol. The third-order valence-electron chi connectivity index (χ3n) is 2.65. The van der Waals surface area contributed by atoms with Gasteiger partial charge in [0.2, 0.25) is 0 Å². The van der Waals surface area contributed by atoms with Gasteiger partial charge in [0.15, 0.2) is 5.82 Å². The number of hydrogen-bond acceptors (Lipinski definition) is 6. The standard InChI is InChI=1S/C11H19N3O3/c1-11(2,12)10-13-9(17-14-10)7-16-6-8-3-4-15-5-8/h8H,3-7,12H2,1-2H3. The SMILES string of the molecule is CC(C)(N)c1noc(COCC2CCOC2)n1. The van der Waals surface area contributed by atoms with Crippen molar-refractivity contribution >= 4 is 0 Å². The fourth-order valence-electron chi connectivity index (χ4n) is 1.60. The summed E-state index contributed by atoms with van der Waals surface area (Å²) in [5.41, 5.74) is 5.27. The molecular weight excluding hydrogens is 222 g/mol. The van der Waals surface area contributed by atoms with Gasteiger partial charge in [0.25, 0.3) is 5.89 Å². The summed E-state index contributed by atoms with van der Waals surface area (Å²) in [7, 11) is 0. The largest absolute Gasteiger partial charge is 0.381 e. The van der Waals surface area contributed by atoms with Gasteiger partial charge in [-0.1, -0.05) is 5.16 Å². The first-order valence-corrected chi connectivity index (χ1v) is 5.83. The first-order chi connectivity index (χ1) is 8.05. The zero-order valence-corrected chi connectivity index (χ0v) is 10.3. The molecule has 1 aromatic heterocycles. The Bertz CT molecular complexity index is 353. The Morgan fingerprint density at radius 2 is 2.35 bits per heavy atom. The van der Waals surface area contributed by atoms with Crippen molar-refractivity contribution in [1.82, 2.24) is 10.1 Å². The quantitative estimate of drug-likeness (QED) is 0.821. The molecule has 1 fully saturated rings. The minimum absolute atomic E-state index is 0.333. The highest BCUT2D eigenvalue weighted by Gasteiger charge is 2.22. The molecule has 0 amide bonds. The molecule has 0 saturated carbocycles. The molecule has 0 bridgehead atoms. The molecule has 0 radical (unpaired) electrons. The van der Waals surface area contributed by atoms with E-state index in [-0.39, 0.29) is 0 Å². The smallest absolute Gasteiger partial charge is 0.252 e. The van der Waals surface area contributed by atoms with E-state index in [9.17, 15) is 0 Å². The molecule has 1 aromatic rings. The van der Waals surface area contributed by atoms with Gasteiger partial charge in [-0.2, -0.15) is 4.98 Å². The summed E-state index contributed by atoms with van der Waals surface area (Å²) in [6.45, 7) is 6.28. The van der Waals surface area contributed by atoms with E-state index in [0.29, 0.717) is 30.8 Å². The van der Waals surface area contributed by atoms with Gasteiger partial charge >= 0.3 is 0 Å². The highest BCUT2D eigenvalue weighted by atomic mass is 16.5. The normalized spacial score (nSPS) is 21.0. The molecule has 0 aromatic carbocycles. The number of rotatable bonds is 5. The molecule has 1 unspecified atom stereocenters. The molecule has 96 valence electrons. The molecule has 0 spiro atoms. The van der Waals surface area contributed by atoms with Crippen LogP contribution in [0.5, 0.6) is 0 Å². The van der Waals surface area contributed by atoms with Gasteiger partial charge in [0, 0.05) is 12.5 Å². The van der Waals surface area contributed by atoms with Gasteiger partial charge in [-0.25, -0.2) is 0 Å². The molecule has 0 aliphatic carbocycles. The lowest BCUT2D eigenvalue weighted by Crippen LogP contribution is -2.30. The lowest BCUT2D eigenvalue weighted by atomic mass is 10.1. The summed E-state index contributed by atoms with van der Waals surface area (Å²) < 4.78 is 15.8. The topological polar surface area (TPSA) is 83.4 Å². The number of hydrogen-bond donors (Lipinski definition) is 1. The predicted molar refractivity (Wildman–Crippen MR) is 60.1 cm³/mol. The molecule has 2 N–H and O–H groups in total. The summed E-state index contributed by atoms with van der Waals surface area (Å²) >= 11 is 0. The van der Waals surface area contributed by atoms with Crippen molar-refractivity contribution in [2.45, 2.75) is 32.4 Å². The Kier molecular flexibility index (Phi) is 3.76. The van der Waals surface area contributed by atoms with Gasteiger partial charge in [-0.3, -0.25) is 0 Å². The van der Waals surface area contributed by atoms with E-state index in [1.807, 2.05) is 13.8 Å². The Balaban J connectivity index is 1.77. The van der Waals surface area contributed by atoms with E-state index in [1.54, 1.807) is 0 Å². The summed E-state index contributed by atoms with van der Waals surface area (Å²) in [5.74, 6) is 1.46. The summed E-state index contributed by atoms with van der Waals surface area (Å²) in [6, 6.07) is 0. The van der Waals surface area contributed by atoms with E-state index in [2.05, 4.69) is 10.1 Å². The van der Waals surface area contributed by atoms with Crippen LogP contribution in [0.15, 0.2) is 4.52 Å². The molecule has 2 heterocycles. The van der Waals surface area contributed by atoms with Crippen molar-refractivity contribution in [1.29, 1.82) is 0 Å². The van der Waals surface area contributed by atoms with Gasteiger partial charge in [0.05, 0.1) is 18.8 Å². The zero-order valence-electron chi connectivity index (χ0n) is 10.3. The molecular formula is C11H19N3O3. The second kappa shape index (κ2) is 5.12. The molecule has 6 heteroatoms. The highest BCUT2D eigenvalue weighted by molar-refractivity contribution is 4.98. The van der Waals surface area contributed by atoms with E-state index in [1.165, 1.54) is 0 Å². The zero-order chi connectivity index (χ0) is 12.3. The third-order valence-corrected chi connectivity index (χ3v) is 2.65. The van der Waals surface area contributed by atoms with Crippen LogP contribution in [-0.4, -0.2) is 30.0 Å². The predicted octanol–water partition coefficient (Wildman–Crippen LogP) is 0.817. The van der Waals surface area contributed by atoms with Crippen molar-refractivity contribution in [2.75, 3.05) is 19.8 Å². The van der Waals surface area contributed by atoms with Crippen molar-refractivity contribution in [3.8, 4) is 0 Å². The van der Waals surface area contributed by atoms with Crippen LogP contribution in [0.25, 0.3) is 0 Å². The minimum atomic E-state index is -0.582. The Hall–Kier alpha value is -0.980. The van der Waals surface area contributed by atoms with E-state index >= 15 is 0 Å². The van der Waals surface area contributed by atoms with Crippen LogP contribution in [0.3, 0.4) is 0 Å². The van der Waals surface area contributed by atoms with E-state index in [4.69, 9.17) is 19.7 Å². The lowest BCUT2D eigenvalue weighted by Gasteiger charge is -2.11. The van der Waals surface area contributed by atoms with Crippen LogP contribution >= 0.6 is 0 Å². The highest BCUT2D eigenvalue weighted by Crippen LogP contribution is 2.15. The van der Waals surface area contributed by atoms with Gasteiger partial charge in [-0.05, 0) is 20.3 Å². The van der Waals surface area contributed by atoms with Gasteiger partial charge in [0.1, 0.15) is 6.61 Å². The Morgan fingerprint density at radius 1 is 1.53 bits per heavy atom. The number of ether oxygens (including phenoxy) is 2. The van der Waals surface area contributed by atoms with E-state index in [0.717, 1.165) is 19.6 Å². The van der Waals surface area contributed by atoms with Crippen molar-refractivity contribution in [2.24, 2.45) is 11.7 Å². The second-order valence-electron chi connectivity index (χ2n) is 4.98. The fourth-order valence-corrected chi connectivity index (χ4v) is 1.60. The average Bonchev–Trinajstić information content (AvgIpc) is 2.86. The van der Waals surface area contributed by atoms with Crippen LogP contribution < -0.4 is 5.73 Å². The van der Waals surface area contributed by atoms with Crippen molar-refractivity contribution in [3.63, 3.8) is 0 Å². The molecule has 17 heavy (non-hydrogen) atoms. The molecule has 1 aliphatic heterocycles. The Labute approximate surface area is 100 Å². The van der Waals surface area contributed by atoms with Crippen molar-refractivity contribution < 1.29 is 14.0 Å². The first-order valence-electron chi connectivity index (χ1n) is 5.83. The summed E-state index contributed by atoms with van der Waals surface area (Å²) in [4.78, 5) is 4.19. The Morgan fingerprint density at radius 3 is 2.94 bits per heavy atom. The maximum absolute atomic E-state index is 5.86. The van der Waals surface area contributed by atoms with Crippen LogP contribution in [0.1, 0.15) is 32.0 Å². The third kappa shape index (κ3) is 3.49. The summed E-state index contributed by atoms with van der Waals surface area (Å²) in [5, 5.41) is 3.82. The second-order valence-corrected chi connectivity index (χ2v) is 4.98. The summed E-state index contributed by atoms with van der Waals surface area (Å²) in [6.07, 6.45) is 1.06. The van der Waals surface area contributed by atoms with Gasteiger partial charge < -0.3 is 19.7 Å². The molecule has 6 nitrogen and oxygen atoms in total. The molecule has 1 saturated heterocycles. The maximum atomic E-state index is 5.86. The number of nitrogens with zero attached hydrogens (tertiary/aromatic N) is 2. The number of aromatic nitrogens is 2. The van der Waals surface area contributed by atoms with Crippen molar-refractivity contribution in [3.05, 3.63) is 11.7 Å². The first kappa shape index (κ1) is 12.5. The molecule has 1 aliphatic rings. The van der Waals surface area contributed by atoms with Crippen LogP contribution in [0, 0.1) is 5.92 Å². The van der Waals surface area contributed by atoms with Crippen LogP contribution in [-0.2, 0) is 21.6 Å². The van der Waals surface area contributed by atoms with E-state index < -0.39 is 5.54 Å². The maximum Gasteiger partial charge on any atom is 0.252 e. The molecule has 2 rings (SSSR count). The van der Waals surface area contributed by atoms with Gasteiger partial charge in [-0.15, -0.1) is 0 Å². The number of nitrogens with two attached hydrogens (primary N) is 1. The van der Waals surface area contributed by atoms with Crippen LogP contribution in [0.4, 0.5) is 0 Å². The lowest BCUT2D eigenvalue weighted by molar-refractivity contribution is 0.0634.